The Hall–Kier alpha value is -1.11. The fraction of sp³-hybridized carbons (Fsp3) is 0.385. The summed E-state index contributed by atoms with van der Waals surface area (Å²) in [7, 11) is 0. The number of aromatic nitrogens is 1. The van der Waals surface area contributed by atoms with Crippen LogP contribution in [0.2, 0.25) is 0 Å². The molecule has 2 aromatic rings. The second-order valence-corrected chi connectivity index (χ2v) is 6.70. The van der Waals surface area contributed by atoms with Crippen molar-refractivity contribution in [2.24, 2.45) is 11.7 Å². The van der Waals surface area contributed by atoms with Crippen molar-refractivity contribution < 1.29 is 9.21 Å². The number of furan rings is 1. The first kappa shape index (κ1) is 12.9. The molecule has 0 amide bonds. The van der Waals surface area contributed by atoms with Crippen molar-refractivity contribution in [3.05, 3.63) is 28.8 Å². The highest BCUT2D eigenvalue weighted by molar-refractivity contribution is 7.99. The highest BCUT2D eigenvalue weighted by Crippen LogP contribution is 2.33. The molecule has 0 spiro atoms. The van der Waals surface area contributed by atoms with E-state index in [-0.39, 0.29) is 17.1 Å². The van der Waals surface area contributed by atoms with E-state index < -0.39 is 0 Å². The summed E-state index contributed by atoms with van der Waals surface area (Å²) in [5.74, 6) is 1.78. The summed E-state index contributed by atoms with van der Waals surface area (Å²) in [6, 6.07) is 3.63. The second kappa shape index (κ2) is 5.48. The molecule has 0 saturated carbocycles. The first-order chi connectivity index (χ1) is 9.25. The highest BCUT2D eigenvalue weighted by Gasteiger charge is 2.29. The standard InChI is InChI=1S/C13H14N2O2S2/c14-10-6-8(3-5-18-10)12(16)13-11(15-7-19-13)9-2-1-4-17-9/h1-2,4,7-8,10H,3,5-6,14H2. The normalized spacial score (nSPS) is 23.4. The Bertz CT molecular complexity index is 565. The van der Waals surface area contributed by atoms with Crippen LogP contribution in [0.25, 0.3) is 11.5 Å². The maximum Gasteiger partial charge on any atom is 0.178 e. The number of hydrogen-bond donors (Lipinski definition) is 1. The lowest BCUT2D eigenvalue weighted by atomic mass is 9.94. The van der Waals surface area contributed by atoms with Gasteiger partial charge in [-0.05, 0) is 30.7 Å². The first-order valence-corrected chi connectivity index (χ1v) is 8.07. The molecule has 6 heteroatoms. The molecule has 0 radical (unpaired) electrons. The van der Waals surface area contributed by atoms with Gasteiger partial charge in [0.1, 0.15) is 10.6 Å². The predicted molar refractivity (Wildman–Crippen MR) is 77.3 cm³/mol. The number of nitrogens with two attached hydrogens (primary N) is 1. The molecular weight excluding hydrogens is 280 g/mol. The number of hydrogen-bond acceptors (Lipinski definition) is 6. The van der Waals surface area contributed by atoms with E-state index >= 15 is 0 Å². The first-order valence-electron chi connectivity index (χ1n) is 6.14. The van der Waals surface area contributed by atoms with Gasteiger partial charge in [0.15, 0.2) is 11.5 Å². The van der Waals surface area contributed by atoms with E-state index in [0.29, 0.717) is 16.3 Å². The van der Waals surface area contributed by atoms with E-state index in [1.807, 2.05) is 6.07 Å². The molecule has 19 heavy (non-hydrogen) atoms. The third-order valence-corrected chi connectivity index (χ3v) is 5.16. The quantitative estimate of drug-likeness (QED) is 0.881. The van der Waals surface area contributed by atoms with Crippen molar-refractivity contribution in [1.29, 1.82) is 0 Å². The van der Waals surface area contributed by atoms with Gasteiger partial charge in [0.2, 0.25) is 0 Å². The molecular formula is C13H14N2O2S2. The van der Waals surface area contributed by atoms with Gasteiger partial charge < -0.3 is 10.2 Å². The lowest BCUT2D eigenvalue weighted by Crippen LogP contribution is -2.29. The maximum absolute atomic E-state index is 12.6. The number of carbonyl (C=O) groups excluding carboxylic acids is 1. The number of carbonyl (C=O) groups is 1. The second-order valence-electron chi connectivity index (χ2n) is 4.50. The smallest absolute Gasteiger partial charge is 0.178 e. The molecule has 4 nitrogen and oxygen atoms in total. The van der Waals surface area contributed by atoms with Crippen LogP contribution in [-0.4, -0.2) is 21.9 Å². The Balaban J connectivity index is 1.86. The van der Waals surface area contributed by atoms with Crippen LogP contribution in [0, 0.1) is 5.92 Å². The third-order valence-electron chi connectivity index (χ3n) is 3.23. The largest absolute Gasteiger partial charge is 0.463 e. The number of ketones is 1. The van der Waals surface area contributed by atoms with Crippen molar-refractivity contribution in [3.63, 3.8) is 0 Å². The van der Waals surface area contributed by atoms with Crippen LogP contribution in [0.1, 0.15) is 22.5 Å². The van der Waals surface area contributed by atoms with Gasteiger partial charge in [0.05, 0.1) is 17.1 Å². The summed E-state index contributed by atoms with van der Waals surface area (Å²) in [5.41, 5.74) is 8.29. The predicted octanol–water partition coefficient (Wildman–Crippen LogP) is 3.01. The minimum absolute atomic E-state index is 0.0189. The molecule has 3 rings (SSSR count). The van der Waals surface area contributed by atoms with Gasteiger partial charge in [-0.2, -0.15) is 0 Å². The van der Waals surface area contributed by atoms with Crippen LogP contribution in [0.3, 0.4) is 0 Å². The molecule has 0 aliphatic carbocycles. The van der Waals surface area contributed by atoms with Crippen LogP contribution < -0.4 is 5.73 Å². The molecule has 3 heterocycles. The van der Waals surface area contributed by atoms with E-state index in [4.69, 9.17) is 10.2 Å². The lowest BCUT2D eigenvalue weighted by Gasteiger charge is -2.24. The summed E-state index contributed by atoms with van der Waals surface area (Å²) in [4.78, 5) is 17.5. The van der Waals surface area contributed by atoms with Crippen LogP contribution in [0.15, 0.2) is 28.3 Å². The van der Waals surface area contributed by atoms with Crippen molar-refractivity contribution in [1.82, 2.24) is 4.98 Å². The molecule has 2 atom stereocenters. The summed E-state index contributed by atoms with van der Waals surface area (Å²) >= 11 is 3.12. The van der Waals surface area contributed by atoms with Gasteiger partial charge in [0.25, 0.3) is 0 Å². The van der Waals surface area contributed by atoms with Crippen LogP contribution in [0.5, 0.6) is 0 Å². The molecule has 1 saturated heterocycles. The van der Waals surface area contributed by atoms with Crippen molar-refractivity contribution in [2.75, 3.05) is 5.75 Å². The van der Waals surface area contributed by atoms with E-state index in [9.17, 15) is 4.79 Å². The molecule has 100 valence electrons. The minimum atomic E-state index is 0.0189. The summed E-state index contributed by atoms with van der Waals surface area (Å²) in [5, 5.41) is 0.0719. The molecule has 2 aromatic heterocycles. The zero-order valence-corrected chi connectivity index (χ0v) is 11.9. The van der Waals surface area contributed by atoms with Crippen molar-refractivity contribution >= 4 is 28.9 Å². The average molecular weight is 294 g/mol. The number of rotatable bonds is 3. The van der Waals surface area contributed by atoms with E-state index in [1.165, 1.54) is 11.3 Å². The summed E-state index contributed by atoms with van der Waals surface area (Å²) in [6.45, 7) is 0. The fourth-order valence-electron chi connectivity index (χ4n) is 2.26. The SMILES string of the molecule is NC1CC(C(=O)c2scnc2-c2ccco2)CCS1. The molecule has 2 unspecified atom stereocenters. The Labute approximate surface area is 119 Å². The number of thioether (sulfide) groups is 1. The number of Topliss-reactive ketones (excluding diaryl/α,β-unsaturated/α-hetero) is 1. The third kappa shape index (κ3) is 2.61. The van der Waals surface area contributed by atoms with E-state index in [0.717, 1.165) is 18.6 Å². The van der Waals surface area contributed by atoms with Crippen LogP contribution >= 0.6 is 23.1 Å². The summed E-state index contributed by atoms with van der Waals surface area (Å²) in [6.07, 6.45) is 3.24. The molecule has 1 fully saturated rings. The number of nitrogens with zero attached hydrogens (tertiary/aromatic N) is 1. The Morgan fingerprint density at radius 2 is 2.42 bits per heavy atom. The number of thiazole rings is 1. The van der Waals surface area contributed by atoms with Crippen molar-refractivity contribution in [3.8, 4) is 11.5 Å². The van der Waals surface area contributed by atoms with Gasteiger partial charge in [-0.1, -0.05) is 0 Å². The Kier molecular flexibility index (Phi) is 3.72. The summed E-state index contributed by atoms with van der Waals surface area (Å²) < 4.78 is 5.34. The molecule has 2 N–H and O–H groups in total. The zero-order valence-electron chi connectivity index (χ0n) is 10.2. The molecule has 0 aromatic carbocycles. The maximum atomic E-state index is 12.6. The van der Waals surface area contributed by atoms with Gasteiger partial charge in [-0.15, -0.1) is 23.1 Å². The Morgan fingerprint density at radius 3 is 3.16 bits per heavy atom. The average Bonchev–Trinajstić information content (AvgIpc) is 3.08. The molecule has 1 aliphatic heterocycles. The van der Waals surface area contributed by atoms with E-state index in [2.05, 4.69) is 4.98 Å². The van der Waals surface area contributed by atoms with Crippen molar-refractivity contribution in [2.45, 2.75) is 18.2 Å². The topological polar surface area (TPSA) is 69.1 Å². The minimum Gasteiger partial charge on any atom is -0.463 e. The van der Waals surface area contributed by atoms with Crippen LogP contribution in [0.4, 0.5) is 0 Å². The molecule has 1 aliphatic rings. The lowest BCUT2D eigenvalue weighted by molar-refractivity contribution is 0.0912. The van der Waals surface area contributed by atoms with Gasteiger partial charge in [-0.3, -0.25) is 4.79 Å². The molecule has 0 bridgehead atoms. The monoisotopic (exact) mass is 294 g/mol. The zero-order chi connectivity index (χ0) is 13.2. The van der Waals surface area contributed by atoms with E-state index in [1.54, 1.807) is 29.6 Å². The van der Waals surface area contributed by atoms with Gasteiger partial charge >= 0.3 is 0 Å². The van der Waals surface area contributed by atoms with Gasteiger partial charge in [-0.25, -0.2) is 4.98 Å². The fourth-order valence-corrected chi connectivity index (χ4v) is 4.16. The highest BCUT2D eigenvalue weighted by atomic mass is 32.2. The van der Waals surface area contributed by atoms with Crippen LogP contribution in [-0.2, 0) is 0 Å². The van der Waals surface area contributed by atoms with Gasteiger partial charge in [0, 0.05) is 5.92 Å². The Morgan fingerprint density at radius 1 is 1.53 bits per heavy atom.